The van der Waals surface area contributed by atoms with Crippen LogP contribution in [-0.4, -0.2) is 40.1 Å². The Kier molecular flexibility index (Phi) is 5.52. The van der Waals surface area contributed by atoms with Gasteiger partial charge < -0.3 is 19.2 Å². The maximum absolute atomic E-state index is 12.6. The van der Waals surface area contributed by atoms with E-state index in [1.54, 1.807) is 31.2 Å². The quantitative estimate of drug-likeness (QED) is 0.617. The number of methoxy groups -OCH3 is 2. The number of sulfonamides is 1. The molecule has 3 aromatic rings. The number of carbonyl (C=O) groups is 1. The summed E-state index contributed by atoms with van der Waals surface area (Å²) in [6.07, 6.45) is 0. The second-order valence-electron chi connectivity index (χ2n) is 5.80. The molecule has 0 radical (unpaired) electrons. The number of oxazole rings is 1. The van der Waals surface area contributed by atoms with Gasteiger partial charge in [0.1, 0.15) is 21.9 Å². The summed E-state index contributed by atoms with van der Waals surface area (Å²) in [6.45, 7) is 1.26. The summed E-state index contributed by atoms with van der Waals surface area (Å²) in [7, 11) is -1.22. The molecule has 1 amide bonds. The first-order chi connectivity index (χ1) is 13.3. The van der Waals surface area contributed by atoms with Crippen molar-refractivity contribution in [2.45, 2.75) is 11.8 Å². The molecule has 0 saturated heterocycles. The largest absolute Gasteiger partial charge is 0.497 e. The lowest BCUT2D eigenvalue weighted by Gasteiger charge is -2.12. The van der Waals surface area contributed by atoms with Crippen molar-refractivity contribution in [2.24, 2.45) is 0 Å². The zero-order valence-electron chi connectivity index (χ0n) is 15.5. The predicted octanol–water partition coefficient (Wildman–Crippen LogP) is 2.07. The van der Waals surface area contributed by atoms with Crippen LogP contribution in [0.3, 0.4) is 0 Å². The van der Waals surface area contributed by atoms with Crippen LogP contribution in [0.1, 0.15) is 5.89 Å². The Morgan fingerprint density at radius 2 is 1.93 bits per heavy atom. The van der Waals surface area contributed by atoms with Gasteiger partial charge in [-0.2, -0.15) is 0 Å². The summed E-state index contributed by atoms with van der Waals surface area (Å²) in [4.78, 5) is 16.2. The molecule has 0 aliphatic heterocycles. The van der Waals surface area contributed by atoms with Crippen molar-refractivity contribution in [1.82, 2.24) is 9.71 Å². The minimum absolute atomic E-state index is 0.123. The fourth-order valence-corrected chi connectivity index (χ4v) is 3.72. The number of hydrogen-bond donors (Lipinski definition) is 2. The maximum atomic E-state index is 12.6. The highest BCUT2D eigenvalue weighted by Gasteiger charge is 2.21. The molecule has 2 N–H and O–H groups in total. The summed E-state index contributed by atoms with van der Waals surface area (Å²) >= 11 is 0. The van der Waals surface area contributed by atoms with Crippen LogP contribution in [-0.2, 0) is 14.8 Å². The smallest absolute Gasteiger partial charge is 0.244 e. The van der Waals surface area contributed by atoms with Gasteiger partial charge in [-0.1, -0.05) is 0 Å². The van der Waals surface area contributed by atoms with Crippen molar-refractivity contribution in [3.05, 3.63) is 42.3 Å². The molecule has 0 spiro atoms. The Morgan fingerprint density at radius 3 is 2.64 bits per heavy atom. The molecule has 0 bridgehead atoms. The van der Waals surface area contributed by atoms with Crippen LogP contribution in [0.2, 0.25) is 0 Å². The van der Waals surface area contributed by atoms with Gasteiger partial charge in [0.25, 0.3) is 0 Å². The Labute approximate surface area is 161 Å². The summed E-state index contributed by atoms with van der Waals surface area (Å²) < 4.78 is 42.9. The van der Waals surface area contributed by atoms with Crippen molar-refractivity contribution >= 4 is 32.7 Å². The molecule has 0 atom stereocenters. The van der Waals surface area contributed by atoms with Crippen LogP contribution < -0.4 is 19.5 Å². The average Bonchev–Trinajstić information content (AvgIpc) is 3.05. The molecular weight excluding hydrogens is 386 g/mol. The number of aryl methyl sites for hydroxylation is 1. The Bertz CT molecular complexity index is 1120. The van der Waals surface area contributed by atoms with Gasteiger partial charge in [-0.25, -0.2) is 18.1 Å². The number of fused-ring (bicyclic) bond motifs is 1. The predicted molar refractivity (Wildman–Crippen MR) is 102 cm³/mol. The first kappa shape index (κ1) is 19.6. The van der Waals surface area contributed by atoms with Crippen LogP contribution >= 0.6 is 0 Å². The highest BCUT2D eigenvalue weighted by Crippen LogP contribution is 2.28. The number of carbonyl (C=O) groups excluding carboxylic acids is 1. The molecule has 28 heavy (non-hydrogen) atoms. The second-order valence-corrected chi connectivity index (χ2v) is 7.54. The lowest BCUT2D eigenvalue weighted by Crippen LogP contribution is -2.33. The summed E-state index contributed by atoms with van der Waals surface area (Å²) in [6, 6.07) is 9.33. The van der Waals surface area contributed by atoms with Gasteiger partial charge in [-0.15, -0.1) is 0 Å². The fraction of sp³-hybridized carbons (Fsp3) is 0.222. The van der Waals surface area contributed by atoms with Crippen LogP contribution in [0.5, 0.6) is 11.5 Å². The molecule has 0 fully saturated rings. The first-order valence-electron chi connectivity index (χ1n) is 8.21. The highest BCUT2D eigenvalue weighted by molar-refractivity contribution is 7.89. The third kappa shape index (κ3) is 4.24. The lowest BCUT2D eigenvalue weighted by atomic mass is 10.3. The Hall–Kier alpha value is -3.11. The van der Waals surface area contributed by atoms with Crippen LogP contribution in [0.15, 0.2) is 45.7 Å². The molecule has 10 heteroatoms. The van der Waals surface area contributed by atoms with Crippen molar-refractivity contribution < 1.29 is 27.1 Å². The van der Waals surface area contributed by atoms with Gasteiger partial charge >= 0.3 is 0 Å². The maximum Gasteiger partial charge on any atom is 0.244 e. The van der Waals surface area contributed by atoms with Crippen LogP contribution in [0, 0.1) is 6.92 Å². The van der Waals surface area contributed by atoms with Gasteiger partial charge in [0.05, 0.1) is 20.8 Å². The number of ether oxygens (including phenoxy) is 2. The molecule has 148 valence electrons. The first-order valence-corrected chi connectivity index (χ1v) is 9.69. The van der Waals surface area contributed by atoms with Gasteiger partial charge in [-0.05, 0) is 30.3 Å². The minimum Gasteiger partial charge on any atom is -0.497 e. The average molecular weight is 405 g/mol. The van der Waals surface area contributed by atoms with Gasteiger partial charge in [0.2, 0.25) is 15.9 Å². The van der Waals surface area contributed by atoms with E-state index in [4.69, 9.17) is 13.9 Å². The number of hydrogen-bond acceptors (Lipinski definition) is 7. The second kappa shape index (κ2) is 7.87. The van der Waals surface area contributed by atoms with Crippen molar-refractivity contribution in [1.29, 1.82) is 0 Å². The van der Waals surface area contributed by atoms with Crippen molar-refractivity contribution in [2.75, 3.05) is 26.1 Å². The Balaban J connectivity index is 1.70. The Morgan fingerprint density at radius 1 is 1.14 bits per heavy atom. The van der Waals surface area contributed by atoms with E-state index in [9.17, 15) is 13.2 Å². The number of aromatic nitrogens is 1. The number of benzene rings is 2. The summed E-state index contributed by atoms with van der Waals surface area (Å²) in [5.74, 6) is 0.464. The van der Waals surface area contributed by atoms with Crippen LogP contribution in [0.4, 0.5) is 5.69 Å². The number of rotatable bonds is 7. The van der Waals surface area contributed by atoms with E-state index in [0.717, 1.165) is 0 Å². The van der Waals surface area contributed by atoms with Crippen LogP contribution in [0.25, 0.3) is 11.1 Å². The standard InChI is InChI=1S/C18H19N3O6S/c1-11-20-14-8-12(4-6-15(14)27-11)21-18(22)10-19-28(23,24)17-9-13(25-2)5-7-16(17)26-3/h4-9,19H,10H2,1-3H3,(H,21,22). The van der Waals surface area contributed by atoms with E-state index in [2.05, 4.69) is 15.0 Å². The van der Waals surface area contributed by atoms with E-state index < -0.39 is 22.5 Å². The molecule has 0 unspecified atom stereocenters. The zero-order chi connectivity index (χ0) is 20.3. The highest BCUT2D eigenvalue weighted by atomic mass is 32.2. The van der Waals surface area contributed by atoms with E-state index in [1.165, 1.54) is 26.4 Å². The van der Waals surface area contributed by atoms with E-state index in [1.807, 2.05) is 0 Å². The molecule has 0 aliphatic rings. The number of amides is 1. The zero-order valence-corrected chi connectivity index (χ0v) is 16.3. The van der Waals surface area contributed by atoms with Crippen molar-refractivity contribution in [3.63, 3.8) is 0 Å². The van der Waals surface area contributed by atoms with Gasteiger partial charge in [0, 0.05) is 18.7 Å². The van der Waals surface area contributed by atoms with E-state index >= 15 is 0 Å². The minimum atomic E-state index is -4.00. The molecule has 1 heterocycles. The fourth-order valence-electron chi connectivity index (χ4n) is 2.56. The van der Waals surface area contributed by atoms with Crippen molar-refractivity contribution in [3.8, 4) is 11.5 Å². The SMILES string of the molecule is COc1ccc(OC)c(S(=O)(=O)NCC(=O)Nc2ccc3oc(C)nc3c2)c1. The molecule has 3 rings (SSSR count). The lowest BCUT2D eigenvalue weighted by molar-refractivity contribution is -0.115. The number of nitrogens with one attached hydrogen (secondary N) is 2. The van der Waals surface area contributed by atoms with E-state index in [0.29, 0.717) is 28.4 Å². The summed E-state index contributed by atoms with van der Waals surface area (Å²) in [5.41, 5.74) is 1.67. The molecular formula is C18H19N3O6S. The number of nitrogens with zero attached hydrogens (tertiary/aromatic N) is 1. The monoisotopic (exact) mass is 405 g/mol. The van der Waals surface area contributed by atoms with Gasteiger partial charge in [0.15, 0.2) is 11.5 Å². The molecule has 2 aromatic carbocycles. The molecule has 9 nitrogen and oxygen atoms in total. The van der Waals surface area contributed by atoms with E-state index in [-0.39, 0.29) is 10.6 Å². The topological polar surface area (TPSA) is 120 Å². The molecule has 1 aromatic heterocycles. The summed E-state index contributed by atoms with van der Waals surface area (Å²) in [5, 5.41) is 2.62. The molecule has 0 aliphatic carbocycles. The third-order valence-electron chi connectivity index (χ3n) is 3.86. The third-order valence-corrected chi connectivity index (χ3v) is 5.28. The molecule has 0 saturated carbocycles. The van der Waals surface area contributed by atoms with Gasteiger partial charge in [-0.3, -0.25) is 4.79 Å². The number of anilines is 1. The normalized spacial score (nSPS) is 11.4.